The van der Waals surface area contributed by atoms with Gasteiger partial charge in [-0.15, -0.1) is 0 Å². The normalized spacial score (nSPS) is 9.70. The summed E-state index contributed by atoms with van der Waals surface area (Å²) in [7, 11) is 0. The second-order valence-corrected chi connectivity index (χ2v) is 2.33. The molecule has 0 saturated heterocycles. The number of aryl methyl sites for hydroxylation is 1. The molecule has 1 aromatic heterocycles. The minimum atomic E-state index is 0.804. The molecule has 0 fully saturated rings. The second-order valence-electron chi connectivity index (χ2n) is 2.33. The van der Waals surface area contributed by atoms with Crippen molar-refractivity contribution in [2.75, 3.05) is 5.73 Å². The van der Waals surface area contributed by atoms with Crippen LogP contribution in [0.25, 0.3) is 0 Å². The van der Waals surface area contributed by atoms with Crippen LogP contribution >= 0.6 is 0 Å². The molecule has 2 heteroatoms. The lowest BCUT2D eigenvalue weighted by Crippen LogP contribution is -1.91. The maximum atomic E-state index is 5.55. The SMILES string of the molecule is CCCc1cc(N)ccn1. The van der Waals surface area contributed by atoms with Gasteiger partial charge in [0.15, 0.2) is 0 Å². The lowest BCUT2D eigenvalue weighted by atomic mass is 10.2. The first-order valence-electron chi connectivity index (χ1n) is 3.53. The summed E-state index contributed by atoms with van der Waals surface area (Å²) in [6, 6.07) is 3.72. The van der Waals surface area contributed by atoms with Gasteiger partial charge in [-0.3, -0.25) is 4.98 Å². The molecule has 0 amide bonds. The van der Waals surface area contributed by atoms with Gasteiger partial charge in [0.25, 0.3) is 0 Å². The van der Waals surface area contributed by atoms with Gasteiger partial charge in [-0.25, -0.2) is 0 Å². The number of nitrogens with two attached hydrogens (primary N) is 1. The maximum Gasteiger partial charge on any atom is 0.0423 e. The molecular formula is C8H12N2. The van der Waals surface area contributed by atoms with E-state index in [1.54, 1.807) is 12.3 Å². The average molecular weight is 136 g/mol. The van der Waals surface area contributed by atoms with Crippen LogP contribution in [0.3, 0.4) is 0 Å². The number of rotatable bonds is 2. The Balaban J connectivity index is 2.75. The Hall–Kier alpha value is -1.05. The van der Waals surface area contributed by atoms with Crippen molar-refractivity contribution in [3.05, 3.63) is 24.0 Å². The molecule has 0 aliphatic heterocycles. The van der Waals surface area contributed by atoms with Gasteiger partial charge in [0, 0.05) is 17.6 Å². The molecule has 0 unspecified atom stereocenters. The third-order valence-electron chi connectivity index (χ3n) is 1.35. The van der Waals surface area contributed by atoms with E-state index in [1.807, 2.05) is 6.07 Å². The van der Waals surface area contributed by atoms with Gasteiger partial charge < -0.3 is 5.73 Å². The van der Waals surface area contributed by atoms with Crippen molar-refractivity contribution in [3.63, 3.8) is 0 Å². The summed E-state index contributed by atoms with van der Waals surface area (Å²) in [6.07, 6.45) is 3.89. The predicted octanol–water partition coefficient (Wildman–Crippen LogP) is 1.62. The van der Waals surface area contributed by atoms with Crippen LogP contribution in [-0.2, 0) is 6.42 Å². The van der Waals surface area contributed by atoms with Crippen LogP contribution in [0, 0.1) is 0 Å². The minimum absolute atomic E-state index is 0.804. The lowest BCUT2D eigenvalue weighted by molar-refractivity contribution is 0.883. The van der Waals surface area contributed by atoms with Gasteiger partial charge in [-0.1, -0.05) is 13.3 Å². The van der Waals surface area contributed by atoms with Gasteiger partial charge in [0.05, 0.1) is 0 Å². The van der Waals surface area contributed by atoms with Crippen LogP contribution in [0.2, 0.25) is 0 Å². The zero-order chi connectivity index (χ0) is 7.40. The highest BCUT2D eigenvalue weighted by molar-refractivity contribution is 5.37. The highest BCUT2D eigenvalue weighted by atomic mass is 14.7. The standard InChI is InChI=1S/C8H12N2/c1-2-3-8-6-7(9)4-5-10-8/h4-6H,2-3H2,1H3,(H2,9,10). The molecule has 1 heterocycles. The Bertz CT molecular complexity index is 208. The third-order valence-corrected chi connectivity index (χ3v) is 1.35. The maximum absolute atomic E-state index is 5.55. The van der Waals surface area contributed by atoms with Gasteiger partial charge in [-0.05, 0) is 18.6 Å². The average Bonchev–Trinajstić information content (AvgIpc) is 1.88. The first-order chi connectivity index (χ1) is 4.83. The fourth-order valence-corrected chi connectivity index (χ4v) is 0.890. The summed E-state index contributed by atoms with van der Waals surface area (Å²) in [5.74, 6) is 0. The molecule has 54 valence electrons. The van der Waals surface area contributed by atoms with Crippen molar-refractivity contribution in [2.45, 2.75) is 19.8 Å². The molecule has 0 radical (unpaired) electrons. The molecule has 0 aliphatic carbocycles. The second kappa shape index (κ2) is 3.20. The molecular weight excluding hydrogens is 124 g/mol. The van der Waals surface area contributed by atoms with E-state index < -0.39 is 0 Å². The van der Waals surface area contributed by atoms with E-state index in [0.29, 0.717) is 0 Å². The molecule has 2 nitrogen and oxygen atoms in total. The molecule has 1 rings (SSSR count). The molecule has 0 atom stereocenters. The van der Waals surface area contributed by atoms with Crippen molar-refractivity contribution in [1.29, 1.82) is 0 Å². The molecule has 0 aliphatic rings. The van der Waals surface area contributed by atoms with Crippen molar-refractivity contribution in [1.82, 2.24) is 4.98 Å². The highest BCUT2D eigenvalue weighted by Gasteiger charge is 1.90. The lowest BCUT2D eigenvalue weighted by Gasteiger charge is -1.96. The zero-order valence-electron chi connectivity index (χ0n) is 6.17. The molecule has 2 N–H and O–H groups in total. The molecule has 0 bridgehead atoms. The smallest absolute Gasteiger partial charge is 0.0423 e. The van der Waals surface area contributed by atoms with E-state index in [1.165, 1.54) is 0 Å². The van der Waals surface area contributed by atoms with E-state index in [-0.39, 0.29) is 0 Å². The summed E-state index contributed by atoms with van der Waals surface area (Å²) in [5, 5.41) is 0. The third kappa shape index (κ3) is 1.72. The van der Waals surface area contributed by atoms with Crippen LogP contribution < -0.4 is 5.73 Å². The first kappa shape index (κ1) is 7.06. The summed E-state index contributed by atoms with van der Waals surface area (Å²) >= 11 is 0. The number of pyridine rings is 1. The predicted molar refractivity (Wildman–Crippen MR) is 42.6 cm³/mol. The Labute approximate surface area is 61.1 Å². The number of nitrogen functional groups attached to an aromatic ring is 1. The van der Waals surface area contributed by atoms with Gasteiger partial charge in [0.1, 0.15) is 0 Å². The monoisotopic (exact) mass is 136 g/mol. The Kier molecular flexibility index (Phi) is 2.26. The summed E-state index contributed by atoms with van der Waals surface area (Å²) in [6.45, 7) is 2.13. The summed E-state index contributed by atoms with van der Waals surface area (Å²) in [5.41, 5.74) is 7.44. The quantitative estimate of drug-likeness (QED) is 0.671. The number of nitrogens with zero attached hydrogens (tertiary/aromatic N) is 1. The van der Waals surface area contributed by atoms with E-state index >= 15 is 0 Å². The van der Waals surface area contributed by atoms with Gasteiger partial charge >= 0.3 is 0 Å². The molecule has 10 heavy (non-hydrogen) atoms. The number of hydrogen-bond acceptors (Lipinski definition) is 2. The van der Waals surface area contributed by atoms with Gasteiger partial charge in [0.2, 0.25) is 0 Å². The zero-order valence-corrected chi connectivity index (χ0v) is 6.17. The summed E-state index contributed by atoms with van der Waals surface area (Å²) < 4.78 is 0. The summed E-state index contributed by atoms with van der Waals surface area (Å²) in [4.78, 5) is 4.15. The van der Waals surface area contributed by atoms with Crippen molar-refractivity contribution in [2.24, 2.45) is 0 Å². The molecule has 0 spiro atoms. The number of anilines is 1. The number of hydrogen-bond donors (Lipinski definition) is 1. The fourth-order valence-electron chi connectivity index (χ4n) is 0.890. The molecule has 0 aromatic carbocycles. The Morgan fingerprint density at radius 3 is 3.00 bits per heavy atom. The largest absolute Gasteiger partial charge is 0.399 e. The Morgan fingerprint density at radius 2 is 2.40 bits per heavy atom. The molecule has 0 saturated carbocycles. The number of aromatic nitrogens is 1. The van der Waals surface area contributed by atoms with Crippen LogP contribution in [-0.4, -0.2) is 4.98 Å². The fraction of sp³-hybridized carbons (Fsp3) is 0.375. The van der Waals surface area contributed by atoms with Crippen molar-refractivity contribution < 1.29 is 0 Å². The first-order valence-corrected chi connectivity index (χ1v) is 3.53. The highest BCUT2D eigenvalue weighted by Crippen LogP contribution is 2.04. The Morgan fingerprint density at radius 1 is 1.60 bits per heavy atom. The minimum Gasteiger partial charge on any atom is -0.399 e. The van der Waals surface area contributed by atoms with E-state index in [4.69, 9.17) is 5.73 Å². The topological polar surface area (TPSA) is 38.9 Å². The van der Waals surface area contributed by atoms with Crippen LogP contribution in [0.1, 0.15) is 19.0 Å². The van der Waals surface area contributed by atoms with Crippen molar-refractivity contribution >= 4 is 5.69 Å². The van der Waals surface area contributed by atoms with E-state index in [0.717, 1.165) is 24.2 Å². The molecule has 1 aromatic rings. The van der Waals surface area contributed by atoms with Crippen LogP contribution in [0.15, 0.2) is 18.3 Å². The van der Waals surface area contributed by atoms with Crippen LogP contribution in [0.5, 0.6) is 0 Å². The van der Waals surface area contributed by atoms with E-state index in [9.17, 15) is 0 Å². The van der Waals surface area contributed by atoms with E-state index in [2.05, 4.69) is 11.9 Å². The van der Waals surface area contributed by atoms with Gasteiger partial charge in [-0.2, -0.15) is 0 Å². The van der Waals surface area contributed by atoms with Crippen LogP contribution in [0.4, 0.5) is 5.69 Å². The van der Waals surface area contributed by atoms with Crippen molar-refractivity contribution in [3.8, 4) is 0 Å².